The third kappa shape index (κ3) is 3.79. The largest absolute Gasteiger partial charge is 0.334 e. The van der Waals surface area contributed by atoms with Crippen LogP contribution in [0.4, 0.5) is 9.18 Å². The highest BCUT2D eigenvalue weighted by molar-refractivity contribution is 7.10. The zero-order chi connectivity index (χ0) is 13.7. The van der Waals surface area contributed by atoms with Crippen LogP contribution in [0.5, 0.6) is 0 Å². The number of carbonyl (C=O) groups excluding carboxylic acids is 1. The SMILES string of the molecule is CC(NC(=O)NCc1ccccc1F)c1cccs1. The lowest BCUT2D eigenvalue weighted by molar-refractivity contribution is 0.237. The molecule has 2 aromatic rings. The van der Waals surface area contributed by atoms with Gasteiger partial charge in [0.25, 0.3) is 0 Å². The Morgan fingerprint density at radius 1 is 1.32 bits per heavy atom. The van der Waals surface area contributed by atoms with E-state index in [-0.39, 0.29) is 24.4 Å². The lowest BCUT2D eigenvalue weighted by Gasteiger charge is -2.13. The highest BCUT2D eigenvalue weighted by atomic mass is 32.1. The number of hydrogen-bond acceptors (Lipinski definition) is 2. The molecule has 1 atom stereocenters. The fraction of sp³-hybridized carbons (Fsp3) is 0.214. The van der Waals surface area contributed by atoms with Crippen molar-refractivity contribution in [3.8, 4) is 0 Å². The molecule has 1 heterocycles. The maximum Gasteiger partial charge on any atom is 0.315 e. The predicted molar refractivity (Wildman–Crippen MR) is 74.5 cm³/mol. The van der Waals surface area contributed by atoms with Crippen molar-refractivity contribution in [2.24, 2.45) is 0 Å². The highest BCUT2D eigenvalue weighted by Crippen LogP contribution is 2.17. The van der Waals surface area contributed by atoms with Gasteiger partial charge in [0.15, 0.2) is 0 Å². The van der Waals surface area contributed by atoms with Crippen LogP contribution < -0.4 is 10.6 Å². The number of urea groups is 1. The van der Waals surface area contributed by atoms with Gasteiger partial charge < -0.3 is 10.6 Å². The van der Waals surface area contributed by atoms with Crippen LogP contribution in [0.1, 0.15) is 23.4 Å². The van der Waals surface area contributed by atoms with Crippen molar-refractivity contribution in [2.45, 2.75) is 19.5 Å². The summed E-state index contributed by atoms with van der Waals surface area (Å²) in [5, 5.41) is 7.42. The highest BCUT2D eigenvalue weighted by Gasteiger charge is 2.10. The van der Waals surface area contributed by atoms with Gasteiger partial charge in [-0.2, -0.15) is 0 Å². The summed E-state index contributed by atoms with van der Waals surface area (Å²) in [5.41, 5.74) is 0.474. The van der Waals surface area contributed by atoms with E-state index in [2.05, 4.69) is 10.6 Å². The molecular weight excluding hydrogens is 263 g/mol. The minimum atomic E-state index is -0.311. The van der Waals surface area contributed by atoms with E-state index < -0.39 is 0 Å². The molecule has 0 fully saturated rings. The number of benzene rings is 1. The van der Waals surface area contributed by atoms with Crippen LogP contribution in [-0.4, -0.2) is 6.03 Å². The van der Waals surface area contributed by atoms with Crippen LogP contribution in [0.25, 0.3) is 0 Å². The molecule has 2 N–H and O–H groups in total. The zero-order valence-corrected chi connectivity index (χ0v) is 11.3. The van der Waals surface area contributed by atoms with Gasteiger partial charge in [0.05, 0.1) is 6.04 Å². The van der Waals surface area contributed by atoms with Gasteiger partial charge in [-0.1, -0.05) is 24.3 Å². The smallest absolute Gasteiger partial charge is 0.315 e. The summed E-state index contributed by atoms with van der Waals surface area (Å²) < 4.78 is 13.4. The number of thiophene rings is 1. The summed E-state index contributed by atoms with van der Waals surface area (Å²) in [6, 6.07) is 9.94. The van der Waals surface area contributed by atoms with Crippen LogP contribution in [0.2, 0.25) is 0 Å². The van der Waals surface area contributed by atoms with Gasteiger partial charge in [0, 0.05) is 17.0 Å². The van der Waals surface area contributed by atoms with Crippen LogP contribution in [0, 0.1) is 5.82 Å². The summed E-state index contributed by atoms with van der Waals surface area (Å²) in [5.74, 6) is -0.311. The average Bonchev–Trinajstić information content (AvgIpc) is 2.91. The van der Waals surface area contributed by atoms with E-state index in [0.29, 0.717) is 5.56 Å². The number of amides is 2. The summed E-state index contributed by atoms with van der Waals surface area (Å²) in [7, 11) is 0. The third-order valence-electron chi connectivity index (χ3n) is 2.71. The van der Waals surface area contributed by atoms with E-state index in [4.69, 9.17) is 0 Å². The van der Waals surface area contributed by atoms with Crippen molar-refractivity contribution >= 4 is 17.4 Å². The molecule has 2 amide bonds. The Kier molecular flexibility index (Phi) is 4.52. The Bertz CT molecular complexity index is 542. The van der Waals surface area contributed by atoms with E-state index in [1.165, 1.54) is 6.07 Å². The second-order valence-corrected chi connectivity index (χ2v) is 5.13. The van der Waals surface area contributed by atoms with Gasteiger partial charge in [-0.25, -0.2) is 9.18 Å². The second kappa shape index (κ2) is 6.33. The summed E-state index contributed by atoms with van der Waals surface area (Å²) in [6.45, 7) is 2.09. The summed E-state index contributed by atoms with van der Waals surface area (Å²) >= 11 is 1.59. The molecule has 100 valence electrons. The molecule has 2 rings (SSSR count). The Morgan fingerprint density at radius 2 is 2.11 bits per heavy atom. The van der Waals surface area contributed by atoms with Gasteiger partial charge in [0.1, 0.15) is 5.82 Å². The molecule has 0 aliphatic rings. The van der Waals surface area contributed by atoms with Gasteiger partial charge in [-0.05, 0) is 24.4 Å². The summed E-state index contributed by atoms with van der Waals surface area (Å²) in [4.78, 5) is 12.8. The maximum absolute atomic E-state index is 13.4. The fourth-order valence-electron chi connectivity index (χ4n) is 1.67. The van der Waals surface area contributed by atoms with E-state index in [0.717, 1.165) is 4.88 Å². The molecule has 0 radical (unpaired) electrons. The van der Waals surface area contributed by atoms with Crippen molar-refractivity contribution in [3.63, 3.8) is 0 Å². The zero-order valence-electron chi connectivity index (χ0n) is 10.5. The molecule has 1 unspecified atom stereocenters. The molecule has 5 heteroatoms. The van der Waals surface area contributed by atoms with Gasteiger partial charge in [-0.3, -0.25) is 0 Å². The minimum Gasteiger partial charge on any atom is -0.334 e. The molecule has 0 bridgehead atoms. The van der Waals surface area contributed by atoms with Gasteiger partial charge in [-0.15, -0.1) is 11.3 Å². The van der Waals surface area contributed by atoms with Crippen molar-refractivity contribution in [1.82, 2.24) is 10.6 Å². The van der Waals surface area contributed by atoms with Gasteiger partial charge in [0.2, 0.25) is 0 Å². The molecule has 1 aromatic heterocycles. The molecule has 3 nitrogen and oxygen atoms in total. The molecule has 0 aliphatic heterocycles. The molecule has 0 spiro atoms. The molecular formula is C14H15FN2OS. The normalized spacial score (nSPS) is 11.9. The van der Waals surface area contributed by atoms with Crippen molar-refractivity contribution < 1.29 is 9.18 Å². The Labute approximate surface area is 115 Å². The monoisotopic (exact) mass is 278 g/mol. The number of rotatable bonds is 4. The number of nitrogens with one attached hydrogen (secondary N) is 2. The lowest BCUT2D eigenvalue weighted by Crippen LogP contribution is -2.36. The fourth-order valence-corrected chi connectivity index (χ4v) is 2.41. The first kappa shape index (κ1) is 13.5. The second-order valence-electron chi connectivity index (χ2n) is 4.16. The van der Waals surface area contributed by atoms with E-state index >= 15 is 0 Å². The quantitative estimate of drug-likeness (QED) is 0.883. The third-order valence-corrected chi connectivity index (χ3v) is 3.77. The average molecular weight is 278 g/mol. The van der Waals surface area contributed by atoms with Crippen molar-refractivity contribution in [2.75, 3.05) is 0 Å². The van der Waals surface area contributed by atoms with Crippen molar-refractivity contribution in [3.05, 3.63) is 58.0 Å². The maximum atomic E-state index is 13.4. The van der Waals surface area contributed by atoms with Crippen LogP contribution in [0.3, 0.4) is 0 Å². The van der Waals surface area contributed by atoms with Crippen molar-refractivity contribution in [1.29, 1.82) is 0 Å². The van der Waals surface area contributed by atoms with E-state index in [1.54, 1.807) is 29.5 Å². The van der Waals surface area contributed by atoms with Gasteiger partial charge >= 0.3 is 6.03 Å². The summed E-state index contributed by atoms with van der Waals surface area (Å²) in [6.07, 6.45) is 0. The lowest BCUT2D eigenvalue weighted by atomic mass is 10.2. The minimum absolute atomic E-state index is 0.0550. The Morgan fingerprint density at radius 3 is 2.79 bits per heavy atom. The predicted octanol–water partition coefficient (Wildman–Crippen LogP) is 3.45. The first-order valence-electron chi connectivity index (χ1n) is 5.98. The number of carbonyl (C=O) groups is 1. The Balaban J connectivity index is 1.84. The molecule has 0 saturated heterocycles. The first-order chi connectivity index (χ1) is 9.16. The molecule has 1 aromatic carbocycles. The topological polar surface area (TPSA) is 41.1 Å². The van der Waals surface area contributed by atoms with Crippen LogP contribution in [0.15, 0.2) is 41.8 Å². The standard InChI is InChI=1S/C14H15FN2OS/c1-10(13-7-4-8-19-13)17-14(18)16-9-11-5-2-3-6-12(11)15/h2-8,10H,9H2,1H3,(H2,16,17,18). The van der Waals surface area contributed by atoms with E-state index in [9.17, 15) is 9.18 Å². The number of halogens is 1. The molecule has 0 aliphatic carbocycles. The first-order valence-corrected chi connectivity index (χ1v) is 6.86. The molecule has 19 heavy (non-hydrogen) atoms. The van der Waals surface area contributed by atoms with E-state index in [1.807, 2.05) is 24.4 Å². The molecule has 0 saturated carbocycles. The number of hydrogen-bond donors (Lipinski definition) is 2. The van der Waals surface area contributed by atoms with Crippen LogP contribution in [-0.2, 0) is 6.54 Å². The Hall–Kier alpha value is -1.88. The van der Waals surface area contributed by atoms with Crippen LogP contribution >= 0.6 is 11.3 Å².